The molecule has 0 heterocycles. The van der Waals surface area contributed by atoms with Gasteiger partial charge in [-0.15, -0.1) is 0 Å². The number of allylic oxidation sites excluding steroid dienone is 1. The Labute approximate surface area is 231 Å². The van der Waals surface area contributed by atoms with Crippen LogP contribution in [0.25, 0.3) is 0 Å². The van der Waals surface area contributed by atoms with Crippen LogP contribution < -0.4 is 15.4 Å². The number of amides is 2. The molecule has 0 saturated heterocycles. The normalized spacial score (nSPS) is 15.8. The number of hydrogen-bond acceptors (Lipinski definition) is 6. The van der Waals surface area contributed by atoms with Gasteiger partial charge in [-0.2, -0.15) is 0 Å². The van der Waals surface area contributed by atoms with Gasteiger partial charge in [0.2, 0.25) is 5.91 Å². The number of carbonyl (C=O) groups is 3. The lowest BCUT2D eigenvalue weighted by Crippen LogP contribution is -2.38. The molecular weight excluding hydrogens is 531 g/mol. The average molecular weight is 561 g/mol. The van der Waals surface area contributed by atoms with E-state index in [1.54, 1.807) is 24.3 Å². The number of hydrogen-bond donors (Lipinski definition) is 3. The van der Waals surface area contributed by atoms with Crippen molar-refractivity contribution in [1.29, 1.82) is 0 Å². The molecule has 2 amide bonds. The lowest BCUT2D eigenvalue weighted by atomic mass is 9.95. The first-order valence-electron chi connectivity index (χ1n) is 12.1. The highest BCUT2D eigenvalue weighted by Gasteiger charge is 2.25. The molecular formula is C28H30Cl2N2O6. The molecule has 1 aliphatic rings. The van der Waals surface area contributed by atoms with Crippen molar-refractivity contribution in [3.05, 3.63) is 75.0 Å². The predicted molar refractivity (Wildman–Crippen MR) is 146 cm³/mol. The van der Waals surface area contributed by atoms with Crippen LogP contribution in [-0.2, 0) is 19.1 Å². The van der Waals surface area contributed by atoms with E-state index in [1.807, 2.05) is 26.8 Å². The summed E-state index contributed by atoms with van der Waals surface area (Å²) < 4.78 is 10.9. The summed E-state index contributed by atoms with van der Waals surface area (Å²) in [6, 6.07) is 9.35. The molecule has 0 aromatic heterocycles. The van der Waals surface area contributed by atoms with E-state index in [1.165, 1.54) is 19.1 Å². The zero-order chi connectivity index (χ0) is 28.0. The van der Waals surface area contributed by atoms with E-state index in [9.17, 15) is 19.5 Å². The van der Waals surface area contributed by atoms with E-state index < -0.39 is 17.8 Å². The van der Waals surface area contributed by atoms with Crippen LogP contribution in [0, 0.1) is 0 Å². The number of rotatable bonds is 9. The number of nitrogens with one attached hydrogen (secondary N) is 2. The highest BCUT2D eigenvalue weighted by atomic mass is 35.5. The smallest absolute Gasteiger partial charge is 0.303 e. The van der Waals surface area contributed by atoms with Crippen LogP contribution in [0.1, 0.15) is 52.0 Å². The van der Waals surface area contributed by atoms with Crippen LogP contribution in [0.15, 0.2) is 59.4 Å². The number of aromatic hydroxyl groups is 1. The minimum atomic E-state index is -0.623. The number of esters is 1. The number of phenolic OH excluding ortho intramolecular Hbond substituents is 1. The third-order valence-corrected chi connectivity index (χ3v) is 6.65. The lowest BCUT2D eigenvalue weighted by molar-refractivity contribution is -0.146. The summed E-state index contributed by atoms with van der Waals surface area (Å²) in [5, 5.41) is 16.8. The number of carbonyl (C=O) groups excluding carboxylic acids is 3. The Hall–Kier alpha value is -3.49. The van der Waals surface area contributed by atoms with Crippen molar-refractivity contribution in [2.45, 2.75) is 52.5 Å². The molecule has 0 fully saturated rings. The molecule has 10 heteroatoms. The second kappa shape index (κ2) is 12.8. The first-order chi connectivity index (χ1) is 18.0. The summed E-state index contributed by atoms with van der Waals surface area (Å²) in [5.74, 6) is -1.01. The van der Waals surface area contributed by atoms with E-state index >= 15 is 0 Å². The molecule has 3 N–H and O–H groups in total. The van der Waals surface area contributed by atoms with Crippen molar-refractivity contribution in [3.8, 4) is 11.5 Å². The van der Waals surface area contributed by atoms with E-state index in [0.29, 0.717) is 40.0 Å². The van der Waals surface area contributed by atoms with Crippen LogP contribution in [0.5, 0.6) is 11.5 Å². The molecule has 2 aromatic carbocycles. The summed E-state index contributed by atoms with van der Waals surface area (Å²) in [4.78, 5) is 36.1. The zero-order valence-corrected chi connectivity index (χ0v) is 23.1. The van der Waals surface area contributed by atoms with E-state index in [4.69, 9.17) is 32.7 Å². The lowest BCUT2D eigenvalue weighted by Gasteiger charge is -2.25. The first-order valence-corrected chi connectivity index (χ1v) is 12.8. The van der Waals surface area contributed by atoms with Crippen LogP contribution >= 0.6 is 23.2 Å². The van der Waals surface area contributed by atoms with Gasteiger partial charge in [0.05, 0.1) is 17.6 Å². The maximum atomic E-state index is 13.2. The molecule has 2 aromatic rings. The van der Waals surface area contributed by atoms with Crippen LogP contribution in [0.4, 0.5) is 5.69 Å². The van der Waals surface area contributed by atoms with Crippen molar-refractivity contribution in [2.75, 3.05) is 11.9 Å². The van der Waals surface area contributed by atoms with Gasteiger partial charge >= 0.3 is 5.97 Å². The maximum Gasteiger partial charge on any atom is 0.303 e. The fraction of sp³-hybridized carbons (Fsp3) is 0.321. The van der Waals surface area contributed by atoms with Gasteiger partial charge in [0.25, 0.3) is 5.91 Å². The highest BCUT2D eigenvalue weighted by molar-refractivity contribution is 6.36. The van der Waals surface area contributed by atoms with Crippen molar-refractivity contribution < 1.29 is 29.0 Å². The molecule has 3 rings (SSSR count). The summed E-state index contributed by atoms with van der Waals surface area (Å²) in [5.41, 5.74) is 2.40. The summed E-state index contributed by atoms with van der Waals surface area (Å²) >= 11 is 12.6. The summed E-state index contributed by atoms with van der Waals surface area (Å²) in [7, 11) is 0. The minimum absolute atomic E-state index is 0.122. The molecule has 1 aliphatic carbocycles. The predicted octanol–water partition coefficient (Wildman–Crippen LogP) is 5.88. The Kier molecular flexibility index (Phi) is 9.83. The molecule has 2 atom stereocenters. The molecule has 202 valence electrons. The Morgan fingerprint density at radius 2 is 1.82 bits per heavy atom. The molecule has 0 spiro atoms. The fourth-order valence-electron chi connectivity index (χ4n) is 4.25. The van der Waals surface area contributed by atoms with Gasteiger partial charge in [-0.1, -0.05) is 42.3 Å². The number of benzene rings is 2. The molecule has 0 saturated carbocycles. The molecule has 0 aliphatic heterocycles. The topological polar surface area (TPSA) is 114 Å². The van der Waals surface area contributed by atoms with Gasteiger partial charge in [-0.3, -0.25) is 14.4 Å². The summed E-state index contributed by atoms with van der Waals surface area (Å²) in [6.07, 6.45) is 2.80. The second-order valence-corrected chi connectivity index (χ2v) is 9.80. The number of halogens is 2. The van der Waals surface area contributed by atoms with Crippen LogP contribution in [-0.4, -0.2) is 35.5 Å². The number of anilines is 1. The standard InChI is InChI=1S/C28H30Cl2N2O6/c1-5-20(26-21(29)7-6-8-22(26)30)28(36)32-23-13-19(9-10-24(23)34)38-27-15(2)11-18(12-16(27)3)31-25(35)14-37-17(4)33/h6-11,13,18,20,34H,5,12,14H2,1-4H3,(H,31,35)(H,32,36). The van der Waals surface area contributed by atoms with Gasteiger partial charge < -0.3 is 25.2 Å². The van der Waals surface area contributed by atoms with Gasteiger partial charge in [0.1, 0.15) is 17.3 Å². The minimum Gasteiger partial charge on any atom is -0.506 e. The highest BCUT2D eigenvalue weighted by Crippen LogP contribution is 2.36. The zero-order valence-electron chi connectivity index (χ0n) is 21.6. The SMILES string of the molecule is CCC(C(=O)Nc1cc(OC2=C(C)CC(NC(=O)COC(C)=O)C=C2C)ccc1O)c1c(Cl)cccc1Cl. The molecule has 2 unspecified atom stereocenters. The van der Waals surface area contributed by atoms with Crippen molar-refractivity contribution in [1.82, 2.24) is 5.32 Å². The third kappa shape index (κ3) is 7.30. The van der Waals surface area contributed by atoms with E-state index in [0.717, 1.165) is 11.1 Å². The molecule has 8 nitrogen and oxygen atoms in total. The van der Waals surface area contributed by atoms with Crippen LogP contribution in [0.2, 0.25) is 10.0 Å². The molecule has 0 bridgehead atoms. The van der Waals surface area contributed by atoms with Gasteiger partial charge in [0, 0.05) is 28.6 Å². The Morgan fingerprint density at radius 3 is 2.42 bits per heavy atom. The second-order valence-electron chi connectivity index (χ2n) is 8.98. The Bertz CT molecular complexity index is 1280. The summed E-state index contributed by atoms with van der Waals surface area (Å²) in [6.45, 7) is 6.49. The van der Waals surface area contributed by atoms with Crippen molar-refractivity contribution >= 4 is 46.7 Å². The average Bonchev–Trinajstić information content (AvgIpc) is 2.84. The van der Waals surface area contributed by atoms with E-state index in [-0.39, 0.29) is 30.0 Å². The first kappa shape index (κ1) is 29.1. The van der Waals surface area contributed by atoms with Gasteiger partial charge in [0.15, 0.2) is 6.61 Å². The number of phenols is 1. The monoisotopic (exact) mass is 560 g/mol. The third-order valence-electron chi connectivity index (χ3n) is 5.99. The molecule has 38 heavy (non-hydrogen) atoms. The van der Waals surface area contributed by atoms with Gasteiger partial charge in [-0.25, -0.2) is 0 Å². The Balaban J connectivity index is 1.73. The number of ether oxygens (including phenoxy) is 2. The van der Waals surface area contributed by atoms with Crippen molar-refractivity contribution in [3.63, 3.8) is 0 Å². The van der Waals surface area contributed by atoms with Crippen LogP contribution in [0.3, 0.4) is 0 Å². The van der Waals surface area contributed by atoms with Crippen molar-refractivity contribution in [2.24, 2.45) is 0 Å². The quantitative estimate of drug-likeness (QED) is 0.260. The molecule has 0 radical (unpaired) electrons. The van der Waals surface area contributed by atoms with Gasteiger partial charge in [-0.05, 0) is 62.1 Å². The largest absolute Gasteiger partial charge is 0.506 e. The maximum absolute atomic E-state index is 13.2. The fourth-order valence-corrected chi connectivity index (χ4v) is 4.91. The Morgan fingerprint density at radius 1 is 1.13 bits per heavy atom. The van der Waals surface area contributed by atoms with E-state index in [2.05, 4.69) is 10.6 Å².